The fourth-order valence-corrected chi connectivity index (χ4v) is 4.31. The number of rotatable bonds is 11. The monoisotopic (exact) mass is 567 g/mol. The van der Waals surface area contributed by atoms with Crippen LogP contribution < -0.4 is 27.3 Å². The van der Waals surface area contributed by atoms with E-state index in [1.807, 2.05) is 37.8 Å². The minimum absolute atomic E-state index is 0.130. The van der Waals surface area contributed by atoms with Gasteiger partial charge < -0.3 is 37.3 Å². The molecule has 1 aliphatic heterocycles. The van der Waals surface area contributed by atoms with Gasteiger partial charge in [0, 0.05) is 36.6 Å². The van der Waals surface area contributed by atoms with E-state index in [1.165, 1.54) is 19.3 Å². The Bertz CT molecular complexity index is 1070. The molecule has 0 saturated carbocycles. The molecule has 1 unspecified atom stereocenters. The van der Waals surface area contributed by atoms with Gasteiger partial charge in [-0.25, -0.2) is 4.98 Å². The Morgan fingerprint density at radius 3 is 2.27 bits per heavy atom. The number of phenols is 1. The average molecular weight is 568 g/mol. The molecule has 0 amide bonds. The maximum atomic E-state index is 9.77. The molecule has 41 heavy (non-hydrogen) atoms. The highest BCUT2D eigenvalue weighted by atomic mass is 16.5. The van der Waals surface area contributed by atoms with Gasteiger partial charge in [-0.3, -0.25) is 0 Å². The lowest BCUT2D eigenvalue weighted by molar-refractivity contribution is 0.155. The van der Waals surface area contributed by atoms with Crippen LogP contribution in [0.3, 0.4) is 0 Å². The number of aromatic nitrogens is 2. The van der Waals surface area contributed by atoms with Crippen molar-refractivity contribution in [1.29, 1.82) is 0 Å². The number of hydrogen-bond donors (Lipinski definition) is 5. The molecule has 2 heterocycles. The predicted molar refractivity (Wildman–Crippen MR) is 171 cm³/mol. The van der Waals surface area contributed by atoms with Crippen molar-refractivity contribution >= 4 is 5.70 Å². The van der Waals surface area contributed by atoms with Crippen molar-refractivity contribution in [3.63, 3.8) is 0 Å². The zero-order chi connectivity index (χ0) is 30.6. The molecular formula is C32H53N7O2. The molecule has 9 heteroatoms. The van der Waals surface area contributed by atoms with Crippen molar-refractivity contribution in [2.45, 2.75) is 72.8 Å². The number of aromatic hydroxyl groups is 1. The molecule has 228 valence electrons. The quantitative estimate of drug-likeness (QED) is 0.186. The highest BCUT2D eigenvalue weighted by Crippen LogP contribution is 2.23. The molecule has 0 aliphatic carbocycles. The first-order valence-electron chi connectivity index (χ1n) is 14.8. The summed E-state index contributed by atoms with van der Waals surface area (Å²) in [7, 11) is 0. The van der Waals surface area contributed by atoms with E-state index in [4.69, 9.17) is 21.9 Å². The molecule has 0 bridgehead atoms. The van der Waals surface area contributed by atoms with E-state index in [9.17, 15) is 5.11 Å². The molecule has 1 aromatic carbocycles. The van der Waals surface area contributed by atoms with Gasteiger partial charge in [0.05, 0.1) is 5.70 Å². The molecule has 9 nitrogen and oxygen atoms in total. The number of nitrogens with one attached hydrogen (secondary N) is 1. The molecular weight excluding hydrogens is 514 g/mol. The molecule has 1 fully saturated rings. The summed E-state index contributed by atoms with van der Waals surface area (Å²) >= 11 is 0. The van der Waals surface area contributed by atoms with Crippen LogP contribution in [-0.4, -0.2) is 52.3 Å². The SMILES string of the molecule is C=CC(CC)CCC.CCN(CC)C(/C=C(\N)c1ccccc1O)=C(N)N.Cc1nccc(OC2CCNCC2)n1. The lowest BCUT2D eigenvalue weighted by Crippen LogP contribution is -2.34. The van der Waals surface area contributed by atoms with Gasteiger partial charge in [-0.15, -0.1) is 6.58 Å². The van der Waals surface area contributed by atoms with E-state index in [1.54, 1.807) is 30.5 Å². The van der Waals surface area contributed by atoms with Gasteiger partial charge in [-0.2, -0.15) is 4.98 Å². The van der Waals surface area contributed by atoms with Gasteiger partial charge in [-0.05, 0) is 83.7 Å². The van der Waals surface area contributed by atoms with Crippen molar-refractivity contribution in [3.8, 4) is 11.6 Å². The molecule has 8 N–H and O–H groups in total. The zero-order valence-electron chi connectivity index (χ0n) is 25.8. The lowest BCUT2D eigenvalue weighted by Gasteiger charge is -2.23. The highest BCUT2D eigenvalue weighted by Gasteiger charge is 2.15. The van der Waals surface area contributed by atoms with Gasteiger partial charge in [-0.1, -0.05) is 38.5 Å². The standard InChI is InChI=1S/C14H22N4O.C10H15N3O.C8H16/c1-3-18(4-2)12(14(16)17)9-11(15)10-7-5-6-8-13(10)19;1-8-12-7-4-10(13-8)14-9-2-5-11-6-3-9;1-4-7-8(5-2)6-3/h5-9,19H,3-4,15-17H2,1-2H3;4,7,9,11H,2-3,5-6H2,1H3;5,8H,2,4,6-7H2,1,3H3/b11-9-;;. The number of nitrogens with two attached hydrogens (primary N) is 3. The largest absolute Gasteiger partial charge is 0.507 e. The Labute approximate surface area is 247 Å². The van der Waals surface area contributed by atoms with Crippen LogP contribution >= 0.6 is 0 Å². The summed E-state index contributed by atoms with van der Waals surface area (Å²) in [6, 6.07) is 8.69. The van der Waals surface area contributed by atoms with Crippen molar-refractivity contribution in [1.82, 2.24) is 20.2 Å². The molecule has 1 saturated heterocycles. The third-order valence-corrected chi connectivity index (χ3v) is 6.75. The van der Waals surface area contributed by atoms with E-state index in [0.29, 0.717) is 28.9 Å². The third kappa shape index (κ3) is 13.5. The molecule has 1 aliphatic rings. The normalized spacial score (nSPS) is 13.9. The maximum Gasteiger partial charge on any atom is 0.216 e. The third-order valence-electron chi connectivity index (χ3n) is 6.75. The summed E-state index contributed by atoms with van der Waals surface area (Å²) in [6.45, 7) is 17.7. The van der Waals surface area contributed by atoms with Crippen LogP contribution in [0.4, 0.5) is 0 Å². The maximum absolute atomic E-state index is 9.77. The first-order chi connectivity index (χ1) is 19.7. The van der Waals surface area contributed by atoms with Gasteiger partial charge in [0.1, 0.15) is 23.5 Å². The van der Waals surface area contributed by atoms with E-state index in [0.717, 1.165) is 50.8 Å². The summed E-state index contributed by atoms with van der Waals surface area (Å²) in [5, 5.41) is 13.1. The second-order valence-corrected chi connectivity index (χ2v) is 9.83. The Morgan fingerprint density at radius 2 is 1.78 bits per heavy atom. The Balaban J connectivity index is 0.000000334. The van der Waals surface area contributed by atoms with Gasteiger partial charge in [0.25, 0.3) is 0 Å². The topological polar surface area (TPSA) is 149 Å². The molecule has 0 spiro atoms. The van der Waals surface area contributed by atoms with Crippen LogP contribution in [-0.2, 0) is 0 Å². The van der Waals surface area contributed by atoms with E-state index in [-0.39, 0.29) is 11.6 Å². The highest BCUT2D eigenvalue weighted by molar-refractivity contribution is 5.69. The molecule has 1 atom stereocenters. The van der Waals surface area contributed by atoms with Crippen LogP contribution in [0.25, 0.3) is 5.70 Å². The van der Waals surface area contributed by atoms with Crippen LogP contribution in [0.2, 0.25) is 0 Å². The Kier molecular flexibility index (Phi) is 17.4. The summed E-state index contributed by atoms with van der Waals surface area (Å²) in [5.74, 6) is 2.56. The lowest BCUT2D eigenvalue weighted by atomic mass is 10.0. The van der Waals surface area contributed by atoms with Crippen LogP contribution in [0.5, 0.6) is 11.6 Å². The number of para-hydroxylation sites is 1. The second-order valence-electron chi connectivity index (χ2n) is 9.83. The number of ether oxygens (including phenoxy) is 1. The first kappa shape index (κ1) is 35.3. The number of phenolic OH excluding ortho intramolecular Hbond substituents is 1. The van der Waals surface area contributed by atoms with Crippen LogP contribution in [0.15, 0.2) is 66.8 Å². The number of allylic oxidation sites excluding steroid dienone is 2. The Morgan fingerprint density at radius 1 is 1.12 bits per heavy atom. The fourth-order valence-electron chi connectivity index (χ4n) is 4.31. The number of nitrogens with zero attached hydrogens (tertiary/aromatic N) is 3. The first-order valence-corrected chi connectivity index (χ1v) is 14.8. The van der Waals surface area contributed by atoms with Gasteiger partial charge >= 0.3 is 0 Å². The number of hydrogen-bond acceptors (Lipinski definition) is 9. The van der Waals surface area contributed by atoms with Crippen molar-refractivity contribution < 1.29 is 9.84 Å². The predicted octanol–water partition coefficient (Wildman–Crippen LogP) is 5.03. The van der Waals surface area contributed by atoms with Crippen molar-refractivity contribution in [2.75, 3.05) is 26.2 Å². The van der Waals surface area contributed by atoms with E-state index >= 15 is 0 Å². The van der Waals surface area contributed by atoms with Gasteiger partial charge in [0.15, 0.2) is 0 Å². The summed E-state index contributed by atoms with van der Waals surface area (Å²) in [6.07, 6.45) is 11.7. The fraction of sp³-hybridized carbons (Fsp3) is 0.500. The number of aryl methyl sites for hydroxylation is 1. The molecule has 1 aromatic heterocycles. The van der Waals surface area contributed by atoms with E-state index < -0.39 is 0 Å². The second kappa shape index (κ2) is 20.2. The smallest absolute Gasteiger partial charge is 0.216 e. The number of likely N-dealkylation sites (N-methyl/N-ethyl adjacent to an activating group) is 1. The van der Waals surface area contributed by atoms with Gasteiger partial charge in [0.2, 0.25) is 5.88 Å². The minimum atomic E-state index is 0.130. The summed E-state index contributed by atoms with van der Waals surface area (Å²) in [4.78, 5) is 10.2. The van der Waals surface area contributed by atoms with Crippen molar-refractivity contribution in [2.24, 2.45) is 23.1 Å². The zero-order valence-corrected chi connectivity index (χ0v) is 25.8. The molecule has 0 radical (unpaired) electrons. The molecule has 2 aromatic rings. The number of benzene rings is 1. The minimum Gasteiger partial charge on any atom is -0.507 e. The average Bonchev–Trinajstić information content (AvgIpc) is 2.97. The summed E-state index contributed by atoms with van der Waals surface area (Å²) in [5.41, 5.74) is 19.1. The van der Waals surface area contributed by atoms with Crippen LogP contribution in [0.1, 0.15) is 71.2 Å². The van der Waals surface area contributed by atoms with Crippen LogP contribution in [0, 0.1) is 12.8 Å². The van der Waals surface area contributed by atoms with Crippen molar-refractivity contribution in [3.05, 3.63) is 78.2 Å². The molecule has 3 rings (SSSR count). The Hall–Kier alpha value is -3.72. The summed E-state index contributed by atoms with van der Waals surface area (Å²) < 4.78 is 5.74. The van der Waals surface area contributed by atoms with E-state index in [2.05, 4.69) is 41.8 Å². The number of piperidine rings is 1.